The van der Waals surface area contributed by atoms with Crippen molar-refractivity contribution in [1.82, 2.24) is 0 Å². The summed E-state index contributed by atoms with van der Waals surface area (Å²) in [5, 5.41) is 8.70. The average Bonchev–Trinajstić information content (AvgIpc) is 2.71. The minimum absolute atomic E-state index is 0.267. The number of carbonyl (C=O) groups is 1. The van der Waals surface area contributed by atoms with E-state index in [1.807, 2.05) is 42.5 Å². The molecule has 0 fully saturated rings. The highest BCUT2D eigenvalue weighted by atomic mass is 79.9. The molecule has 0 aliphatic heterocycles. The monoisotopic (exact) mass is 472 g/mol. The molecule has 0 radical (unpaired) electrons. The number of carboxylic acid groups (broad SMARTS) is 1. The molecule has 3 rings (SSSR count). The van der Waals surface area contributed by atoms with E-state index in [1.54, 1.807) is 30.0 Å². The minimum Gasteiger partial charge on any atom is -0.482 e. The Morgan fingerprint density at radius 2 is 1.79 bits per heavy atom. The number of benzene rings is 3. The van der Waals surface area contributed by atoms with Gasteiger partial charge >= 0.3 is 5.97 Å². The third-order valence-corrected chi connectivity index (χ3v) is 5.93. The van der Waals surface area contributed by atoms with Crippen LogP contribution in [0.1, 0.15) is 11.1 Å². The molecule has 6 heteroatoms. The van der Waals surface area contributed by atoms with Gasteiger partial charge in [-0.05, 0) is 63.0 Å². The van der Waals surface area contributed by atoms with Crippen molar-refractivity contribution >= 4 is 39.2 Å². The predicted octanol–water partition coefficient (Wildman–Crippen LogP) is 6.28. The number of rotatable bonds is 8. The molecule has 0 atom stereocenters. The van der Waals surface area contributed by atoms with Crippen molar-refractivity contribution in [2.45, 2.75) is 4.90 Å². The number of aliphatic carboxylic acids is 1. The van der Waals surface area contributed by atoms with Gasteiger partial charge in [-0.25, -0.2) is 9.18 Å². The molecule has 0 saturated heterocycles. The lowest BCUT2D eigenvalue weighted by Crippen LogP contribution is -2.09. The van der Waals surface area contributed by atoms with Gasteiger partial charge < -0.3 is 9.84 Å². The van der Waals surface area contributed by atoms with Gasteiger partial charge in [-0.15, -0.1) is 11.8 Å². The van der Waals surface area contributed by atoms with E-state index in [1.165, 1.54) is 12.1 Å². The van der Waals surface area contributed by atoms with Crippen molar-refractivity contribution < 1.29 is 19.0 Å². The third kappa shape index (κ3) is 6.21. The summed E-state index contributed by atoms with van der Waals surface area (Å²) < 4.78 is 19.8. The number of ether oxygens (including phenoxy) is 1. The molecule has 29 heavy (non-hydrogen) atoms. The minimum atomic E-state index is -1.02. The fraction of sp³-hybridized carbons (Fsp3) is 0.0870. The first-order valence-electron chi connectivity index (χ1n) is 8.81. The SMILES string of the molecule is O=C(O)COc1ccc(SCC=C(c2ccccc2)c2cccc(F)c2)c(Br)c1. The van der Waals surface area contributed by atoms with E-state index in [2.05, 4.69) is 22.0 Å². The molecular weight excluding hydrogens is 455 g/mol. The van der Waals surface area contributed by atoms with Crippen LogP contribution in [0, 0.1) is 5.82 Å². The van der Waals surface area contributed by atoms with Gasteiger partial charge in [0, 0.05) is 15.1 Å². The Morgan fingerprint density at radius 3 is 2.48 bits per heavy atom. The second-order valence-electron chi connectivity index (χ2n) is 6.08. The number of thioether (sulfide) groups is 1. The zero-order valence-corrected chi connectivity index (χ0v) is 17.8. The van der Waals surface area contributed by atoms with Crippen LogP contribution in [0.2, 0.25) is 0 Å². The first kappa shape index (κ1) is 21.1. The molecule has 0 saturated carbocycles. The van der Waals surface area contributed by atoms with Gasteiger partial charge in [0.2, 0.25) is 0 Å². The first-order valence-corrected chi connectivity index (χ1v) is 10.6. The maximum atomic E-state index is 13.7. The summed E-state index contributed by atoms with van der Waals surface area (Å²) >= 11 is 5.12. The molecule has 0 spiro atoms. The Kier molecular flexibility index (Phi) is 7.49. The maximum absolute atomic E-state index is 13.7. The molecule has 148 valence electrons. The number of hydrogen-bond acceptors (Lipinski definition) is 3. The van der Waals surface area contributed by atoms with Crippen molar-refractivity contribution in [2.24, 2.45) is 0 Å². The van der Waals surface area contributed by atoms with Crippen molar-refractivity contribution in [3.63, 3.8) is 0 Å². The number of halogens is 2. The van der Waals surface area contributed by atoms with Crippen molar-refractivity contribution in [3.8, 4) is 5.75 Å². The third-order valence-electron chi connectivity index (χ3n) is 4.01. The molecule has 0 aromatic heterocycles. The lowest BCUT2D eigenvalue weighted by molar-refractivity contribution is -0.139. The Bertz CT molecular complexity index is 1020. The van der Waals surface area contributed by atoms with E-state index < -0.39 is 5.97 Å². The molecule has 3 aromatic rings. The van der Waals surface area contributed by atoms with Crippen LogP contribution in [-0.4, -0.2) is 23.4 Å². The summed E-state index contributed by atoms with van der Waals surface area (Å²) in [5.74, 6) is -0.120. The molecule has 0 aliphatic rings. The smallest absolute Gasteiger partial charge is 0.341 e. The Morgan fingerprint density at radius 1 is 1.03 bits per heavy atom. The molecule has 0 amide bonds. The first-order chi connectivity index (χ1) is 14.0. The summed E-state index contributed by atoms with van der Waals surface area (Å²) in [6, 6.07) is 21.8. The molecule has 0 bridgehead atoms. The second kappa shape index (κ2) is 10.3. The van der Waals surface area contributed by atoms with E-state index in [0.29, 0.717) is 11.5 Å². The van der Waals surface area contributed by atoms with E-state index in [0.717, 1.165) is 26.1 Å². The molecule has 3 aromatic carbocycles. The molecule has 3 nitrogen and oxygen atoms in total. The van der Waals surface area contributed by atoms with Gasteiger partial charge in [0.25, 0.3) is 0 Å². The van der Waals surface area contributed by atoms with E-state index in [-0.39, 0.29) is 12.4 Å². The molecule has 0 aliphatic carbocycles. The van der Waals surface area contributed by atoms with Crippen molar-refractivity contribution in [2.75, 3.05) is 12.4 Å². The second-order valence-corrected chi connectivity index (χ2v) is 8.00. The zero-order valence-electron chi connectivity index (χ0n) is 15.3. The van der Waals surface area contributed by atoms with Crippen molar-refractivity contribution in [1.29, 1.82) is 0 Å². The molecular formula is C23H18BrFO3S. The normalized spacial score (nSPS) is 11.3. The quantitative estimate of drug-likeness (QED) is 0.392. The fourth-order valence-corrected chi connectivity index (χ4v) is 4.22. The Balaban J connectivity index is 1.77. The van der Waals surface area contributed by atoms with Gasteiger partial charge in [-0.1, -0.05) is 48.5 Å². The van der Waals surface area contributed by atoms with Gasteiger partial charge in [-0.3, -0.25) is 0 Å². The van der Waals surface area contributed by atoms with Gasteiger partial charge in [0.1, 0.15) is 11.6 Å². The summed E-state index contributed by atoms with van der Waals surface area (Å²) in [5.41, 5.74) is 2.82. The van der Waals surface area contributed by atoms with Crippen LogP contribution in [0.15, 0.2) is 88.2 Å². The Labute approximate surface area is 181 Å². The van der Waals surface area contributed by atoms with Crippen LogP contribution in [0.5, 0.6) is 5.75 Å². The summed E-state index contributed by atoms with van der Waals surface area (Å²) in [7, 11) is 0. The number of hydrogen-bond donors (Lipinski definition) is 1. The summed E-state index contributed by atoms with van der Waals surface area (Å²) in [6.07, 6.45) is 2.08. The van der Waals surface area contributed by atoms with Gasteiger partial charge in [-0.2, -0.15) is 0 Å². The highest BCUT2D eigenvalue weighted by Crippen LogP contribution is 2.32. The van der Waals surface area contributed by atoms with Crippen LogP contribution in [-0.2, 0) is 4.79 Å². The van der Waals surface area contributed by atoms with Gasteiger partial charge in [0.15, 0.2) is 6.61 Å². The van der Waals surface area contributed by atoms with Crippen LogP contribution < -0.4 is 4.74 Å². The average molecular weight is 473 g/mol. The highest BCUT2D eigenvalue weighted by Gasteiger charge is 2.08. The largest absolute Gasteiger partial charge is 0.482 e. The highest BCUT2D eigenvalue weighted by molar-refractivity contribution is 9.10. The van der Waals surface area contributed by atoms with Crippen LogP contribution in [0.25, 0.3) is 5.57 Å². The van der Waals surface area contributed by atoms with Crippen LogP contribution >= 0.6 is 27.7 Å². The zero-order chi connectivity index (χ0) is 20.6. The van der Waals surface area contributed by atoms with Gasteiger partial charge in [0.05, 0.1) is 0 Å². The fourth-order valence-electron chi connectivity index (χ4n) is 2.72. The lowest BCUT2D eigenvalue weighted by atomic mass is 9.98. The lowest BCUT2D eigenvalue weighted by Gasteiger charge is -2.10. The predicted molar refractivity (Wildman–Crippen MR) is 118 cm³/mol. The van der Waals surface area contributed by atoms with Crippen LogP contribution in [0.3, 0.4) is 0 Å². The maximum Gasteiger partial charge on any atom is 0.341 e. The summed E-state index contributed by atoms with van der Waals surface area (Å²) in [4.78, 5) is 11.6. The number of carboxylic acids is 1. The van der Waals surface area contributed by atoms with Crippen LogP contribution in [0.4, 0.5) is 4.39 Å². The van der Waals surface area contributed by atoms with E-state index >= 15 is 0 Å². The van der Waals surface area contributed by atoms with E-state index in [4.69, 9.17) is 9.84 Å². The summed E-state index contributed by atoms with van der Waals surface area (Å²) in [6.45, 7) is -0.379. The molecule has 0 unspecified atom stereocenters. The topological polar surface area (TPSA) is 46.5 Å². The van der Waals surface area contributed by atoms with Crippen molar-refractivity contribution in [3.05, 3.63) is 100 Å². The Hall–Kier alpha value is -2.57. The molecule has 0 heterocycles. The van der Waals surface area contributed by atoms with E-state index in [9.17, 15) is 9.18 Å². The standard InChI is InChI=1S/C23H18BrFO3S/c24-21-14-19(28-15-23(26)27)9-10-22(21)29-12-11-20(16-5-2-1-3-6-16)17-7-4-8-18(25)13-17/h1-11,13-14H,12,15H2,(H,26,27). The molecule has 1 N–H and O–H groups in total.